The summed E-state index contributed by atoms with van der Waals surface area (Å²) in [6.45, 7) is 5.92. The lowest BCUT2D eigenvalue weighted by molar-refractivity contribution is 0.0469. The van der Waals surface area contributed by atoms with Crippen molar-refractivity contribution >= 4 is 0 Å². The van der Waals surface area contributed by atoms with Crippen molar-refractivity contribution in [3.8, 4) is 5.75 Å². The van der Waals surface area contributed by atoms with Crippen molar-refractivity contribution in [3.63, 3.8) is 0 Å². The van der Waals surface area contributed by atoms with Crippen LogP contribution in [-0.4, -0.2) is 12.2 Å². The van der Waals surface area contributed by atoms with Crippen molar-refractivity contribution < 1.29 is 9.84 Å². The Bertz CT molecular complexity index is 329. The lowest BCUT2D eigenvalue weighted by atomic mass is 9.90. The Morgan fingerprint density at radius 2 is 2.07 bits per heavy atom. The molecule has 2 nitrogen and oxygen atoms in total. The number of hydrogen-bond acceptors (Lipinski definition) is 2. The normalized spacial score (nSPS) is 14.7. The monoisotopic (exact) mass is 208 g/mol. The summed E-state index contributed by atoms with van der Waals surface area (Å²) in [7, 11) is 1.66. The van der Waals surface area contributed by atoms with Gasteiger partial charge in [0.15, 0.2) is 0 Å². The average Bonchev–Trinajstić information content (AvgIpc) is 2.17. The van der Waals surface area contributed by atoms with Gasteiger partial charge in [0, 0.05) is 0 Å². The van der Waals surface area contributed by atoms with Crippen LogP contribution in [-0.2, 0) is 5.60 Å². The summed E-state index contributed by atoms with van der Waals surface area (Å²) in [5.74, 6) is 0.867. The Morgan fingerprint density at radius 3 is 2.53 bits per heavy atom. The second-order valence-electron chi connectivity index (χ2n) is 4.21. The molecule has 0 unspecified atom stereocenters. The van der Waals surface area contributed by atoms with Gasteiger partial charge < -0.3 is 9.84 Å². The summed E-state index contributed by atoms with van der Waals surface area (Å²) in [5.41, 5.74) is 1.29. The van der Waals surface area contributed by atoms with E-state index in [1.165, 1.54) is 0 Å². The van der Waals surface area contributed by atoms with E-state index < -0.39 is 5.60 Å². The molecule has 1 aromatic carbocycles. The largest absolute Gasteiger partial charge is 0.496 e. The van der Waals surface area contributed by atoms with Crippen LogP contribution in [0.15, 0.2) is 18.2 Å². The van der Waals surface area contributed by atoms with E-state index in [-0.39, 0.29) is 0 Å². The van der Waals surface area contributed by atoms with Crippen LogP contribution in [0.5, 0.6) is 5.75 Å². The van der Waals surface area contributed by atoms with Gasteiger partial charge in [-0.25, -0.2) is 0 Å². The minimum atomic E-state index is -0.730. The highest BCUT2D eigenvalue weighted by atomic mass is 16.5. The van der Waals surface area contributed by atoms with Crippen LogP contribution in [0.2, 0.25) is 0 Å². The fraction of sp³-hybridized carbons (Fsp3) is 0.538. The van der Waals surface area contributed by atoms with Crippen molar-refractivity contribution in [2.24, 2.45) is 0 Å². The minimum absolute atomic E-state index is 0.730. The quantitative estimate of drug-likeness (QED) is 0.824. The Labute approximate surface area is 91.9 Å². The molecule has 0 aliphatic heterocycles. The molecule has 84 valence electrons. The van der Waals surface area contributed by atoms with E-state index in [9.17, 15) is 5.11 Å². The minimum Gasteiger partial charge on any atom is -0.496 e. The summed E-state index contributed by atoms with van der Waals surface area (Å²) in [5, 5.41) is 10.2. The van der Waals surface area contributed by atoms with Gasteiger partial charge in [0.25, 0.3) is 0 Å². The summed E-state index contributed by atoms with van der Waals surface area (Å²) in [6.07, 6.45) is 1.75. The van der Waals surface area contributed by atoms with Gasteiger partial charge in [-0.1, -0.05) is 19.4 Å². The van der Waals surface area contributed by atoms with Gasteiger partial charge >= 0.3 is 0 Å². The highest BCUT2D eigenvalue weighted by molar-refractivity contribution is 5.38. The van der Waals surface area contributed by atoms with Crippen LogP contribution >= 0.6 is 0 Å². The Balaban J connectivity index is 3.01. The summed E-state index contributed by atoms with van der Waals surface area (Å²) < 4.78 is 5.19. The van der Waals surface area contributed by atoms with E-state index in [0.717, 1.165) is 29.7 Å². The van der Waals surface area contributed by atoms with Gasteiger partial charge in [0.05, 0.1) is 12.7 Å². The second-order valence-corrected chi connectivity index (χ2v) is 4.21. The van der Waals surface area contributed by atoms with Gasteiger partial charge in [-0.05, 0) is 43.5 Å². The average molecular weight is 208 g/mol. The lowest BCUT2D eigenvalue weighted by Crippen LogP contribution is -2.20. The van der Waals surface area contributed by atoms with Crippen molar-refractivity contribution in [2.45, 2.75) is 39.2 Å². The molecule has 0 aliphatic carbocycles. The van der Waals surface area contributed by atoms with E-state index in [0.29, 0.717) is 0 Å². The van der Waals surface area contributed by atoms with Gasteiger partial charge in [0.2, 0.25) is 0 Å². The molecule has 1 aromatic rings. The molecule has 0 amide bonds. The molecule has 0 bridgehead atoms. The Morgan fingerprint density at radius 1 is 1.40 bits per heavy atom. The Hall–Kier alpha value is -1.02. The topological polar surface area (TPSA) is 29.5 Å². The van der Waals surface area contributed by atoms with Gasteiger partial charge in [-0.2, -0.15) is 0 Å². The smallest absolute Gasteiger partial charge is 0.121 e. The standard InChI is InChI=1S/C13H20O2/c1-5-8-13(3,14)11-6-7-12(15-4)10(2)9-11/h6-7,9,14H,5,8H2,1-4H3/t13-/m0/s1. The first-order valence-corrected chi connectivity index (χ1v) is 5.38. The molecule has 2 heteroatoms. The van der Waals surface area contributed by atoms with E-state index in [2.05, 4.69) is 6.92 Å². The first-order valence-electron chi connectivity index (χ1n) is 5.38. The molecule has 0 saturated carbocycles. The maximum atomic E-state index is 10.2. The molecule has 0 saturated heterocycles. The number of benzene rings is 1. The summed E-state index contributed by atoms with van der Waals surface area (Å²) >= 11 is 0. The highest BCUT2D eigenvalue weighted by Gasteiger charge is 2.22. The number of methoxy groups -OCH3 is 1. The van der Waals surface area contributed by atoms with Crippen LogP contribution in [0.3, 0.4) is 0 Å². The van der Waals surface area contributed by atoms with Crippen LogP contribution in [0, 0.1) is 6.92 Å². The molecule has 1 rings (SSSR count). The third-order valence-electron chi connectivity index (χ3n) is 2.75. The van der Waals surface area contributed by atoms with Crippen LogP contribution in [0.1, 0.15) is 37.8 Å². The Kier molecular flexibility index (Phi) is 3.75. The predicted octanol–water partition coefficient (Wildman–Crippen LogP) is 3.01. The third kappa shape index (κ3) is 2.72. The van der Waals surface area contributed by atoms with Crippen LogP contribution in [0.4, 0.5) is 0 Å². The molecule has 0 aromatic heterocycles. The van der Waals surface area contributed by atoms with Crippen molar-refractivity contribution in [2.75, 3.05) is 7.11 Å². The maximum absolute atomic E-state index is 10.2. The number of rotatable bonds is 4. The summed E-state index contributed by atoms with van der Waals surface area (Å²) in [6, 6.07) is 5.84. The molecule has 1 atom stereocenters. The lowest BCUT2D eigenvalue weighted by Gasteiger charge is -2.24. The maximum Gasteiger partial charge on any atom is 0.121 e. The van der Waals surface area contributed by atoms with E-state index in [1.54, 1.807) is 7.11 Å². The first kappa shape index (κ1) is 12.1. The fourth-order valence-corrected chi connectivity index (χ4v) is 1.84. The number of aryl methyl sites for hydroxylation is 1. The van der Waals surface area contributed by atoms with Crippen LogP contribution in [0.25, 0.3) is 0 Å². The van der Waals surface area contributed by atoms with E-state index in [4.69, 9.17) is 4.74 Å². The van der Waals surface area contributed by atoms with E-state index >= 15 is 0 Å². The summed E-state index contributed by atoms with van der Waals surface area (Å²) in [4.78, 5) is 0. The van der Waals surface area contributed by atoms with Crippen molar-refractivity contribution in [1.29, 1.82) is 0 Å². The molecule has 15 heavy (non-hydrogen) atoms. The van der Waals surface area contributed by atoms with Gasteiger partial charge in [-0.15, -0.1) is 0 Å². The number of ether oxygens (including phenoxy) is 1. The fourth-order valence-electron chi connectivity index (χ4n) is 1.84. The molecular weight excluding hydrogens is 188 g/mol. The van der Waals surface area contributed by atoms with Gasteiger partial charge in [0.1, 0.15) is 5.75 Å². The predicted molar refractivity (Wildman–Crippen MR) is 62.2 cm³/mol. The molecule has 0 fully saturated rings. The second kappa shape index (κ2) is 4.67. The van der Waals surface area contributed by atoms with E-state index in [1.807, 2.05) is 32.0 Å². The number of hydrogen-bond donors (Lipinski definition) is 1. The van der Waals surface area contributed by atoms with Gasteiger partial charge in [-0.3, -0.25) is 0 Å². The zero-order valence-electron chi connectivity index (χ0n) is 10.0. The molecule has 0 heterocycles. The molecule has 0 radical (unpaired) electrons. The third-order valence-corrected chi connectivity index (χ3v) is 2.75. The van der Waals surface area contributed by atoms with Crippen molar-refractivity contribution in [3.05, 3.63) is 29.3 Å². The molecule has 0 aliphatic rings. The number of aliphatic hydroxyl groups is 1. The molecule has 1 N–H and O–H groups in total. The zero-order valence-corrected chi connectivity index (χ0v) is 10.0. The molecule has 0 spiro atoms. The SMILES string of the molecule is CCC[C@](C)(O)c1ccc(OC)c(C)c1. The van der Waals surface area contributed by atoms with Crippen LogP contribution < -0.4 is 4.74 Å². The first-order chi connectivity index (χ1) is 7.01. The van der Waals surface area contributed by atoms with Crippen molar-refractivity contribution in [1.82, 2.24) is 0 Å². The highest BCUT2D eigenvalue weighted by Crippen LogP contribution is 2.29. The molecular formula is C13H20O2. The zero-order chi connectivity index (χ0) is 11.5.